The minimum atomic E-state index is -3.50. The number of hydrogen-bond acceptors (Lipinski definition) is 4. The summed E-state index contributed by atoms with van der Waals surface area (Å²) in [5, 5.41) is 0. The van der Waals surface area contributed by atoms with Crippen LogP contribution in [0, 0.1) is 19.8 Å². The van der Waals surface area contributed by atoms with Gasteiger partial charge in [0.15, 0.2) is 0 Å². The van der Waals surface area contributed by atoms with Crippen molar-refractivity contribution < 1.29 is 13.2 Å². The highest BCUT2D eigenvalue weighted by Gasteiger charge is 2.36. The van der Waals surface area contributed by atoms with E-state index in [-0.39, 0.29) is 17.9 Å². The van der Waals surface area contributed by atoms with Crippen LogP contribution in [0.2, 0.25) is 0 Å². The molecule has 2 heterocycles. The molecule has 6 nitrogen and oxygen atoms in total. The smallest absolute Gasteiger partial charge is 0.243 e. The lowest BCUT2D eigenvalue weighted by molar-refractivity contribution is -0.137. The second-order valence-corrected chi connectivity index (χ2v) is 9.43. The number of sulfonamides is 1. The Hall–Kier alpha value is -1.44. The lowest BCUT2D eigenvalue weighted by Crippen LogP contribution is -2.47. The van der Waals surface area contributed by atoms with Gasteiger partial charge in [0, 0.05) is 38.1 Å². The van der Waals surface area contributed by atoms with E-state index < -0.39 is 10.0 Å². The van der Waals surface area contributed by atoms with E-state index in [1.165, 1.54) is 4.31 Å². The molecule has 1 aromatic rings. The molecule has 2 fully saturated rings. The highest BCUT2D eigenvalue weighted by molar-refractivity contribution is 7.89. The number of benzene rings is 1. The number of amides is 1. The number of nitrogens with zero attached hydrogens (tertiary/aromatic N) is 2. The number of hydrogen-bond donors (Lipinski definition) is 1. The van der Waals surface area contributed by atoms with Crippen molar-refractivity contribution in [3.63, 3.8) is 0 Å². The van der Waals surface area contributed by atoms with E-state index >= 15 is 0 Å². The van der Waals surface area contributed by atoms with Crippen LogP contribution >= 0.6 is 0 Å². The quantitative estimate of drug-likeness (QED) is 0.862. The minimum Gasteiger partial charge on any atom is -0.338 e. The van der Waals surface area contributed by atoms with E-state index in [1.807, 2.05) is 24.8 Å². The molecule has 26 heavy (non-hydrogen) atoms. The monoisotopic (exact) mass is 379 g/mol. The topological polar surface area (TPSA) is 83.7 Å². The Balaban J connectivity index is 1.66. The third kappa shape index (κ3) is 3.66. The summed E-state index contributed by atoms with van der Waals surface area (Å²) in [6.45, 7) is 5.96. The van der Waals surface area contributed by atoms with Crippen molar-refractivity contribution in [3.05, 3.63) is 29.3 Å². The van der Waals surface area contributed by atoms with Gasteiger partial charge in [-0.3, -0.25) is 4.79 Å². The van der Waals surface area contributed by atoms with Gasteiger partial charge in [0.2, 0.25) is 15.9 Å². The third-order valence-electron chi connectivity index (χ3n) is 5.85. The number of aryl methyl sites for hydroxylation is 2. The van der Waals surface area contributed by atoms with Crippen molar-refractivity contribution in [1.29, 1.82) is 0 Å². The number of likely N-dealkylation sites (tertiary alicyclic amines) is 1. The summed E-state index contributed by atoms with van der Waals surface area (Å²) in [5.41, 5.74) is 7.82. The van der Waals surface area contributed by atoms with E-state index in [1.54, 1.807) is 12.1 Å². The zero-order chi connectivity index (χ0) is 18.9. The Morgan fingerprint density at radius 2 is 1.81 bits per heavy atom. The molecule has 1 atom stereocenters. The summed E-state index contributed by atoms with van der Waals surface area (Å²) < 4.78 is 27.3. The lowest BCUT2D eigenvalue weighted by Gasteiger charge is -2.34. The molecule has 2 N–H and O–H groups in total. The fourth-order valence-electron chi connectivity index (χ4n) is 3.97. The molecular formula is C19H29N3O3S. The zero-order valence-electron chi connectivity index (χ0n) is 15.6. The van der Waals surface area contributed by atoms with Crippen LogP contribution in [-0.4, -0.2) is 55.8 Å². The van der Waals surface area contributed by atoms with Crippen LogP contribution in [-0.2, 0) is 14.8 Å². The van der Waals surface area contributed by atoms with Gasteiger partial charge in [-0.1, -0.05) is 6.07 Å². The largest absolute Gasteiger partial charge is 0.338 e. The van der Waals surface area contributed by atoms with E-state index in [9.17, 15) is 13.2 Å². The first-order valence-corrected chi connectivity index (χ1v) is 10.9. The molecule has 1 amide bonds. The van der Waals surface area contributed by atoms with Gasteiger partial charge >= 0.3 is 0 Å². The van der Waals surface area contributed by atoms with Crippen molar-refractivity contribution in [2.45, 2.75) is 50.5 Å². The summed E-state index contributed by atoms with van der Waals surface area (Å²) >= 11 is 0. The summed E-state index contributed by atoms with van der Waals surface area (Å²) in [6.07, 6.45) is 3.14. The average Bonchev–Trinajstić information content (AvgIpc) is 3.12. The average molecular weight is 380 g/mol. The van der Waals surface area contributed by atoms with Crippen LogP contribution in [0.5, 0.6) is 0 Å². The van der Waals surface area contributed by atoms with Crippen LogP contribution in [0.1, 0.15) is 36.8 Å². The fourth-order valence-corrected chi connectivity index (χ4v) is 5.53. The van der Waals surface area contributed by atoms with Crippen LogP contribution in [0.15, 0.2) is 23.1 Å². The number of nitrogens with two attached hydrogens (primary N) is 1. The van der Waals surface area contributed by atoms with Crippen molar-refractivity contribution in [1.82, 2.24) is 9.21 Å². The van der Waals surface area contributed by atoms with Crippen LogP contribution in [0.3, 0.4) is 0 Å². The number of carbonyl (C=O) groups excluding carboxylic acids is 1. The standard InChI is InChI=1S/C19H29N3O3S/c1-14-5-6-18(12-15(14)2)26(24,25)21-10-7-16(8-11-21)19(23)22-9-3-4-17(22)13-20/h5-6,12,16-17H,3-4,7-11,13,20H2,1-2H3. The van der Waals surface area contributed by atoms with Gasteiger partial charge in [0.05, 0.1) is 4.90 Å². The molecule has 1 unspecified atom stereocenters. The molecule has 0 bridgehead atoms. The molecule has 0 saturated carbocycles. The second kappa shape index (κ2) is 7.66. The van der Waals surface area contributed by atoms with Gasteiger partial charge in [-0.2, -0.15) is 4.31 Å². The van der Waals surface area contributed by atoms with E-state index in [4.69, 9.17) is 5.73 Å². The molecule has 0 spiro atoms. The molecule has 2 aliphatic rings. The van der Waals surface area contributed by atoms with Gasteiger partial charge in [-0.15, -0.1) is 0 Å². The van der Waals surface area contributed by atoms with Crippen molar-refractivity contribution in [2.24, 2.45) is 11.7 Å². The molecule has 0 aromatic heterocycles. The minimum absolute atomic E-state index is 0.0895. The Morgan fingerprint density at radius 1 is 1.12 bits per heavy atom. The predicted octanol–water partition coefficient (Wildman–Crippen LogP) is 1.65. The fraction of sp³-hybridized carbons (Fsp3) is 0.632. The van der Waals surface area contributed by atoms with Crippen LogP contribution < -0.4 is 5.73 Å². The molecule has 7 heteroatoms. The van der Waals surface area contributed by atoms with Crippen LogP contribution in [0.4, 0.5) is 0 Å². The molecule has 1 aromatic carbocycles. The normalized spacial score (nSPS) is 22.7. The second-order valence-electron chi connectivity index (χ2n) is 7.49. The summed E-state index contributed by atoms with van der Waals surface area (Å²) in [5.74, 6) is 0.0644. The van der Waals surface area contributed by atoms with E-state index in [0.717, 1.165) is 30.5 Å². The van der Waals surface area contributed by atoms with Gasteiger partial charge in [0.1, 0.15) is 0 Å². The molecule has 2 aliphatic heterocycles. The third-order valence-corrected chi connectivity index (χ3v) is 7.75. The number of carbonyl (C=O) groups is 1. The SMILES string of the molecule is Cc1ccc(S(=O)(=O)N2CCC(C(=O)N3CCCC3CN)CC2)cc1C. The Bertz CT molecular complexity index is 770. The van der Waals surface area contributed by atoms with Crippen molar-refractivity contribution in [3.8, 4) is 0 Å². The molecule has 2 saturated heterocycles. The molecular weight excluding hydrogens is 350 g/mol. The summed E-state index contributed by atoms with van der Waals surface area (Å²) in [4.78, 5) is 15.0. The van der Waals surface area contributed by atoms with E-state index in [2.05, 4.69) is 0 Å². The highest BCUT2D eigenvalue weighted by Crippen LogP contribution is 2.28. The Kier molecular flexibility index (Phi) is 5.69. The molecule has 3 rings (SSSR count). The van der Waals surface area contributed by atoms with Gasteiger partial charge in [-0.05, 0) is 62.8 Å². The maximum atomic E-state index is 12.9. The van der Waals surface area contributed by atoms with Gasteiger partial charge in [0.25, 0.3) is 0 Å². The lowest BCUT2D eigenvalue weighted by atomic mass is 9.96. The predicted molar refractivity (Wildman–Crippen MR) is 101 cm³/mol. The Morgan fingerprint density at radius 3 is 2.42 bits per heavy atom. The number of rotatable bonds is 4. The van der Waals surface area contributed by atoms with Gasteiger partial charge < -0.3 is 10.6 Å². The first kappa shape index (κ1) is 19.3. The Labute approximate surface area is 156 Å². The van der Waals surface area contributed by atoms with Gasteiger partial charge in [-0.25, -0.2) is 8.42 Å². The maximum absolute atomic E-state index is 12.9. The summed E-state index contributed by atoms with van der Waals surface area (Å²) in [6, 6.07) is 5.40. The first-order chi connectivity index (χ1) is 12.3. The first-order valence-electron chi connectivity index (χ1n) is 9.42. The van der Waals surface area contributed by atoms with E-state index in [0.29, 0.717) is 37.4 Å². The zero-order valence-corrected chi connectivity index (χ0v) is 16.5. The molecule has 144 valence electrons. The van der Waals surface area contributed by atoms with Crippen LogP contribution in [0.25, 0.3) is 0 Å². The highest BCUT2D eigenvalue weighted by atomic mass is 32.2. The number of piperidine rings is 1. The molecule has 0 aliphatic carbocycles. The molecule has 0 radical (unpaired) electrons. The maximum Gasteiger partial charge on any atom is 0.243 e. The summed E-state index contributed by atoms with van der Waals surface area (Å²) in [7, 11) is -3.50. The van der Waals surface area contributed by atoms with Crippen molar-refractivity contribution >= 4 is 15.9 Å². The van der Waals surface area contributed by atoms with Crippen molar-refractivity contribution in [2.75, 3.05) is 26.2 Å².